The van der Waals surface area contributed by atoms with Crippen molar-refractivity contribution in [1.29, 1.82) is 0 Å². The van der Waals surface area contributed by atoms with Crippen molar-refractivity contribution in [3.63, 3.8) is 0 Å². The third kappa shape index (κ3) is 6.05. The van der Waals surface area contributed by atoms with Crippen molar-refractivity contribution in [3.8, 4) is 0 Å². The van der Waals surface area contributed by atoms with Crippen LogP contribution >= 0.6 is 12.4 Å². The summed E-state index contributed by atoms with van der Waals surface area (Å²) in [5, 5.41) is 2.67. The molecule has 1 heterocycles. The highest BCUT2D eigenvalue weighted by molar-refractivity contribution is 6.06. The lowest BCUT2D eigenvalue weighted by molar-refractivity contribution is -0.142. The van der Waals surface area contributed by atoms with Crippen LogP contribution in [0.4, 0.5) is 16.2 Å². The number of carbonyl (C=O) groups is 2. The maximum Gasteiger partial charge on any atom is 0.327 e. The fraction of sp³-hybridized carbons (Fsp3) is 0.238. The number of rotatable bonds is 5. The van der Waals surface area contributed by atoms with Crippen LogP contribution in [0.15, 0.2) is 48.5 Å². The summed E-state index contributed by atoms with van der Waals surface area (Å²) >= 11 is 0. The van der Waals surface area contributed by atoms with Crippen molar-refractivity contribution in [2.45, 2.75) is 0 Å². The first-order valence-electron chi connectivity index (χ1n) is 8.81. The average Bonchev–Trinajstić information content (AvgIpc) is 2.83. The summed E-state index contributed by atoms with van der Waals surface area (Å²) < 4.78 is 5.13. The number of likely N-dealkylation sites (N-methyl/N-ethyl adjacent to an activating group) is 1. The van der Waals surface area contributed by atoms with Gasteiger partial charge in [-0.15, -0.1) is 12.4 Å². The number of fused-ring (bicyclic) bond motifs is 2. The van der Waals surface area contributed by atoms with Gasteiger partial charge in [0.2, 0.25) is 0 Å². The van der Waals surface area contributed by atoms with Crippen LogP contribution in [-0.2, 0) is 9.53 Å². The molecule has 0 aromatic heterocycles. The summed E-state index contributed by atoms with van der Waals surface area (Å²) in [5.41, 5.74) is 3.38. The number of nitrogens with zero attached hydrogens (tertiary/aromatic N) is 2. The number of carbonyl (C=O) groups excluding carboxylic acids is 2. The average molecular weight is 420 g/mol. The lowest BCUT2D eigenvalue weighted by atomic mass is 10.1. The number of ether oxygens (including phenoxy) is 1. The predicted molar refractivity (Wildman–Crippen MR) is 118 cm³/mol. The minimum atomic E-state index is -0.459. The third-order valence-corrected chi connectivity index (χ3v) is 4.19. The zero-order valence-electron chi connectivity index (χ0n) is 16.4. The van der Waals surface area contributed by atoms with Gasteiger partial charge in [0.25, 0.3) is 0 Å². The molecule has 0 atom stereocenters. The molecule has 0 saturated carbocycles. The number of para-hydroxylation sites is 2. The van der Waals surface area contributed by atoms with Gasteiger partial charge in [0.15, 0.2) is 0 Å². The van der Waals surface area contributed by atoms with E-state index >= 15 is 0 Å². The summed E-state index contributed by atoms with van der Waals surface area (Å²) in [6, 6.07) is 14.9. The second-order valence-corrected chi connectivity index (χ2v) is 6.47. The highest BCUT2D eigenvalue weighted by Gasteiger charge is 2.24. The first-order chi connectivity index (χ1) is 13.1. The van der Waals surface area contributed by atoms with Crippen LogP contribution in [0.2, 0.25) is 0 Å². The fourth-order valence-corrected chi connectivity index (χ4v) is 2.81. The zero-order chi connectivity index (χ0) is 19.2. The Morgan fingerprint density at radius 2 is 1.48 bits per heavy atom. The van der Waals surface area contributed by atoms with Gasteiger partial charge in [-0.05, 0) is 37.4 Å². The molecule has 2 aromatic carbocycles. The number of hydrogen-bond donors (Lipinski definition) is 1. The first kappa shape index (κ1) is 24.2. The maximum atomic E-state index is 12.9. The van der Waals surface area contributed by atoms with Gasteiger partial charge in [-0.2, -0.15) is 0 Å². The fourth-order valence-electron chi connectivity index (χ4n) is 2.81. The molecule has 0 saturated heterocycles. The number of benzene rings is 2. The summed E-state index contributed by atoms with van der Waals surface area (Å²) in [5.74, 6) is -0.459. The number of nitrogens with one attached hydrogen (secondary N) is 1. The molecule has 0 bridgehead atoms. The topological polar surface area (TPSA) is 93.4 Å². The van der Waals surface area contributed by atoms with Crippen LogP contribution in [0.5, 0.6) is 0 Å². The molecule has 156 valence electrons. The minimum absolute atomic E-state index is 0. The van der Waals surface area contributed by atoms with Gasteiger partial charge in [-0.3, -0.25) is 9.69 Å². The third-order valence-electron chi connectivity index (χ3n) is 4.19. The van der Waals surface area contributed by atoms with Crippen molar-refractivity contribution < 1.29 is 19.8 Å². The highest BCUT2D eigenvalue weighted by atomic mass is 35.5. The molecular weight excluding hydrogens is 394 g/mol. The van der Waals surface area contributed by atoms with Crippen molar-refractivity contribution >= 4 is 47.9 Å². The molecule has 2 amide bonds. The predicted octanol–water partition coefficient (Wildman–Crippen LogP) is 2.72. The van der Waals surface area contributed by atoms with Gasteiger partial charge >= 0.3 is 12.0 Å². The summed E-state index contributed by atoms with van der Waals surface area (Å²) in [7, 11) is 3.80. The van der Waals surface area contributed by atoms with Gasteiger partial charge in [-0.1, -0.05) is 48.6 Å². The van der Waals surface area contributed by atoms with Gasteiger partial charge in [0.1, 0.15) is 13.2 Å². The van der Waals surface area contributed by atoms with E-state index in [0.29, 0.717) is 13.2 Å². The van der Waals surface area contributed by atoms with Crippen LogP contribution in [0.3, 0.4) is 0 Å². The molecule has 1 aliphatic rings. The van der Waals surface area contributed by atoms with Crippen molar-refractivity contribution in [2.24, 2.45) is 0 Å². The van der Waals surface area contributed by atoms with Gasteiger partial charge in [0.05, 0.1) is 11.4 Å². The van der Waals surface area contributed by atoms with Crippen LogP contribution in [0.1, 0.15) is 11.1 Å². The Morgan fingerprint density at radius 3 is 2.00 bits per heavy atom. The van der Waals surface area contributed by atoms with Gasteiger partial charge < -0.3 is 20.4 Å². The van der Waals surface area contributed by atoms with Crippen LogP contribution in [0.25, 0.3) is 12.2 Å². The highest BCUT2D eigenvalue weighted by Crippen LogP contribution is 2.36. The number of amides is 2. The van der Waals surface area contributed by atoms with E-state index in [4.69, 9.17) is 4.74 Å². The van der Waals surface area contributed by atoms with E-state index in [0.717, 1.165) is 22.5 Å². The van der Waals surface area contributed by atoms with E-state index in [2.05, 4.69) is 5.32 Å². The molecule has 7 nitrogen and oxygen atoms in total. The lowest BCUT2D eigenvalue weighted by Crippen LogP contribution is -2.40. The molecule has 0 fully saturated rings. The van der Waals surface area contributed by atoms with E-state index in [1.807, 2.05) is 79.7 Å². The SMILES string of the molecule is CN(C)CCOC(=O)CNC(=O)N1c2ccccc2C=Cc2ccccc21.Cl.O. The summed E-state index contributed by atoms with van der Waals surface area (Å²) in [4.78, 5) is 28.3. The number of halogens is 1. The molecule has 0 aliphatic carbocycles. The molecular formula is C21H26ClN3O4. The van der Waals surface area contributed by atoms with E-state index in [1.165, 1.54) is 0 Å². The molecule has 2 aromatic rings. The minimum Gasteiger partial charge on any atom is -0.463 e. The quantitative estimate of drug-likeness (QED) is 0.754. The standard InChI is InChI=1S/C21H23N3O3.ClH.H2O/c1-23(2)13-14-27-20(25)15-22-21(26)24-18-9-5-3-7-16(18)11-12-17-8-4-6-10-19(17)24;;/h3-12H,13-15H2,1-2H3,(H,22,26);1H;1H2. The molecule has 8 heteroatoms. The number of esters is 1. The summed E-state index contributed by atoms with van der Waals surface area (Å²) in [6.07, 6.45) is 3.97. The monoisotopic (exact) mass is 419 g/mol. The van der Waals surface area contributed by atoms with E-state index < -0.39 is 5.97 Å². The Morgan fingerprint density at radius 1 is 0.966 bits per heavy atom. The number of hydrogen-bond acceptors (Lipinski definition) is 4. The van der Waals surface area contributed by atoms with Crippen molar-refractivity contribution in [3.05, 3.63) is 59.7 Å². The molecule has 3 N–H and O–H groups in total. The normalized spacial score (nSPS) is 11.3. The molecule has 0 spiro atoms. The number of urea groups is 1. The Labute approximate surface area is 176 Å². The van der Waals surface area contributed by atoms with Crippen molar-refractivity contribution in [1.82, 2.24) is 10.2 Å². The largest absolute Gasteiger partial charge is 0.463 e. The Kier molecular flexibility index (Phi) is 9.34. The Hall–Kier alpha value is -2.87. The smallest absolute Gasteiger partial charge is 0.327 e. The lowest BCUT2D eigenvalue weighted by Gasteiger charge is -2.25. The Balaban J connectivity index is 0.00000210. The zero-order valence-corrected chi connectivity index (χ0v) is 17.2. The maximum absolute atomic E-state index is 12.9. The van der Waals surface area contributed by atoms with E-state index in [1.54, 1.807) is 4.90 Å². The molecule has 3 rings (SSSR count). The Bertz CT molecular complexity index is 821. The first-order valence-corrected chi connectivity index (χ1v) is 8.81. The van der Waals surface area contributed by atoms with Crippen molar-refractivity contribution in [2.75, 3.05) is 38.7 Å². The second-order valence-electron chi connectivity index (χ2n) is 6.47. The second kappa shape index (κ2) is 11.2. The molecule has 1 aliphatic heterocycles. The molecule has 0 unspecified atom stereocenters. The summed E-state index contributed by atoms with van der Waals surface area (Å²) in [6.45, 7) is 0.750. The van der Waals surface area contributed by atoms with Crippen LogP contribution in [0, 0.1) is 0 Å². The van der Waals surface area contributed by atoms with E-state index in [9.17, 15) is 9.59 Å². The van der Waals surface area contributed by atoms with Gasteiger partial charge in [-0.25, -0.2) is 4.79 Å². The van der Waals surface area contributed by atoms with Crippen LogP contribution < -0.4 is 10.2 Å². The molecule has 29 heavy (non-hydrogen) atoms. The van der Waals surface area contributed by atoms with Gasteiger partial charge in [0, 0.05) is 6.54 Å². The number of anilines is 2. The van der Waals surface area contributed by atoms with Crippen LogP contribution in [-0.4, -0.2) is 56.2 Å². The van der Waals surface area contributed by atoms with E-state index in [-0.39, 0.29) is 30.5 Å². The molecule has 0 radical (unpaired) electrons.